The van der Waals surface area contributed by atoms with Crippen LogP contribution >= 0.6 is 0 Å². The third-order valence-corrected chi connectivity index (χ3v) is 6.16. The fraction of sp³-hybridized carbons (Fsp3) is 0.867. The van der Waals surface area contributed by atoms with Crippen molar-refractivity contribution in [3.63, 3.8) is 0 Å². The van der Waals surface area contributed by atoms with Crippen LogP contribution in [0.5, 0.6) is 0 Å². The van der Waals surface area contributed by atoms with E-state index in [4.69, 9.17) is 5.11 Å². The Balaban J connectivity index is 1.76. The van der Waals surface area contributed by atoms with Crippen LogP contribution in [0, 0.1) is 11.8 Å². The predicted octanol–water partition coefficient (Wildman–Crippen LogP) is 0.854. The highest BCUT2D eigenvalue weighted by molar-refractivity contribution is 7.90. The monoisotopic (exact) mass is 346 g/mol. The third-order valence-electron chi connectivity index (χ3n) is 4.83. The number of carbonyl (C=O) groups excluding carboxylic acids is 1. The molecule has 0 aromatic carbocycles. The summed E-state index contributed by atoms with van der Waals surface area (Å²) in [5.41, 5.74) is 0. The number of rotatable bonds is 6. The molecule has 2 rings (SSSR count). The van der Waals surface area contributed by atoms with Gasteiger partial charge in [0.25, 0.3) is 0 Å². The lowest BCUT2D eigenvalue weighted by Crippen LogP contribution is -2.44. The van der Waals surface area contributed by atoms with Gasteiger partial charge < -0.3 is 10.4 Å². The molecule has 2 aliphatic carbocycles. The summed E-state index contributed by atoms with van der Waals surface area (Å²) in [6.45, 7) is 2.16. The molecule has 0 bridgehead atoms. The van der Waals surface area contributed by atoms with Crippen LogP contribution in [0.3, 0.4) is 0 Å². The average molecular weight is 346 g/mol. The Labute approximate surface area is 137 Å². The van der Waals surface area contributed by atoms with Crippen LogP contribution in [-0.4, -0.2) is 43.2 Å². The fourth-order valence-electron chi connectivity index (χ4n) is 3.45. The maximum absolute atomic E-state index is 12.1. The van der Waals surface area contributed by atoms with Gasteiger partial charge in [-0.1, -0.05) is 6.92 Å². The van der Waals surface area contributed by atoms with Crippen LogP contribution in [0.2, 0.25) is 0 Å². The summed E-state index contributed by atoms with van der Waals surface area (Å²) < 4.78 is 26.8. The second-order valence-corrected chi connectivity index (χ2v) is 8.70. The highest BCUT2D eigenvalue weighted by atomic mass is 32.2. The number of hydrogen-bond acceptors (Lipinski definition) is 4. The molecule has 1 amide bonds. The fourth-order valence-corrected chi connectivity index (χ4v) is 4.71. The third kappa shape index (κ3) is 5.76. The topological polar surface area (TPSA) is 113 Å². The second kappa shape index (κ2) is 7.61. The minimum Gasteiger partial charge on any atom is -0.481 e. The van der Waals surface area contributed by atoms with Gasteiger partial charge in [0, 0.05) is 12.1 Å². The summed E-state index contributed by atoms with van der Waals surface area (Å²) in [7, 11) is -3.65. The van der Waals surface area contributed by atoms with Crippen LogP contribution in [0.15, 0.2) is 0 Å². The van der Waals surface area contributed by atoms with Gasteiger partial charge in [0.15, 0.2) is 0 Å². The highest BCUT2D eigenvalue weighted by Gasteiger charge is 2.31. The summed E-state index contributed by atoms with van der Waals surface area (Å²) in [6, 6.07) is -0.318. The number of aliphatic carboxylic acids is 1. The smallest absolute Gasteiger partial charge is 0.306 e. The first kappa shape index (κ1) is 18.2. The first-order chi connectivity index (χ1) is 10.7. The Morgan fingerprint density at radius 3 is 2.22 bits per heavy atom. The Hall–Kier alpha value is -1.15. The zero-order valence-electron chi connectivity index (χ0n) is 13.5. The molecule has 2 atom stereocenters. The summed E-state index contributed by atoms with van der Waals surface area (Å²) in [5.74, 6) is -1.82. The van der Waals surface area contributed by atoms with Crippen LogP contribution in [-0.2, 0) is 19.6 Å². The Morgan fingerprint density at radius 2 is 1.65 bits per heavy atom. The van der Waals surface area contributed by atoms with E-state index in [-0.39, 0.29) is 12.1 Å². The second-order valence-electron chi connectivity index (χ2n) is 6.95. The normalized spacial score (nSPS) is 31.7. The molecule has 2 aliphatic rings. The maximum atomic E-state index is 12.1. The lowest BCUT2D eigenvalue weighted by Gasteiger charge is -2.26. The standard InChI is InChI=1S/C15H26N2O5S/c1-10-2-5-12(6-3-10)17-23(21,22)9-14(18)16-13-7-4-11(8-13)15(19)20/h10-13,17H,2-9H2,1H3,(H,16,18)(H,19,20)/t10?,11-,12?,13+/m0/s1. The molecule has 2 fully saturated rings. The van der Waals surface area contributed by atoms with Crippen molar-refractivity contribution in [2.24, 2.45) is 11.8 Å². The zero-order chi connectivity index (χ0) is 17.0. The number of carboxylic acid groups (broad SMARTS) is 1. The lowest BCUT2D eigenvalue weighted by atomic mass is 9.88. The van der Waals surface area contributed by atoms with Crippen molar-refractivity contribution >= 4 is 21.9 Å². The predicted molar refractivity (Wildman–Crippen MR) is 85.3 cm³/mol. The average Bonchev–Trinajstić information content (AvgIpc) is 2.89. The van der Waals surface area contributed by atoms with Crippen molar-refractivity contribution in [1.29, 1.82) is 0 Å². The summed E-state index contributed by atoms with van der Waals surface area (Å²) in [5, 5.41) is 11.6. The van der Waals surface area contributed by atoms with E-state index in [0.717, 1.165) is 25.7 Å². The lowest BCUT2D eigenvalue weighted by molar-refractivity contribution is -0.141. The van der Waals surface area contributed by atoms with Crippen LogP contribution in [0.25, 0.3) is 0 Å². The van der Waals surface area contributed by atoms with Crippen molar-refractivity contribution in [3.8, 4) is 0 Å². The van der Waals surface area contributed by atoms with E-state index in [2.05, 4.69) is 17.0 Å². The van der Waals surface area contributed by atoms with Gasteiger partial charge >= 0.3 is 5.97 Å². The van der Waals surface area contributed by atoms with E-state index in [1.165, 1.54) is 0 Å². The van der Waals surface area contributed by atoms with E-state index in [0.29, 0.717) is 25.2 Å². The number of carboxylic acids is 1. The van der Waals surface area contributed by atoms with Crippen LogP contribution < -0.4 is 10.0 Å². The first-order valence-electron chi connectivity index (χ1n) is 8.27. The number of sulfonamides is 1. The molecule has 8 heteroatoms. The van der Waals surface area contributed by atoms with E-state index in [1.807, 2.05) is 0 Å². The van der Waals surface area contributed by atoms with Gasteiger partial charge in [-0.25, -0.2) is 13.1 Å². The van der Waals surface area contributed by atoms with E-state index in [9.17, 15) is 18.0 Å². The molecule has 0 radical (unpaired) electrons. The maximum Gasteiger partial charge on any atom is 0.306 e. The Bertz CT molecular complexity index is 540. The first-order valence-corrected chi connectivity index (χ1v) is 9.92. The van der Waals surface area contributed by atoms with E-state index in [1.54, 1.807) is 0 Å². The molecule has 0 aromatic heterocycles. The van der Waals surface area contributed by atoms with Crippen molar-refractivity contribution in [1.82, 2.24) is 10.0 Å². The van der Waals surface area contributed by atoms with Crippen molar-refractivity contribution in [3.05, 3.63) is 0 Å². The minimum atomic E-state index is -3.65. The Kier molecular flexibility index (Phi) is 6.02. The van der Waals surface area contributed by atoms with Gasteiger partial charge in [-0.05, 0) is 50.9 Å². The molecule has 0 aromatic rings. The summed E-state index contributed by atoms with van der Waals surface area (Å²) in [6.07, 6.45) is 5.09. The highest BCUT2D eigenvalue weighted by Crippen LogP contribution is 2.26. The SMILES string of the molecule is CC1CCC(NS(=O)(=O)CC(=O)N[C@@H]2CC[C@H](C(=O)O)C2)CC1. The van der Waals surface area contributed by atoms with Gasteiger partial charge in [-0.2, -0.15) is 0 Å². The molecular weight excluding hydrogens is 320 g/mol. The molecule has 0 unspecified atom stereocenters. The molecule has 2 saturated carbocycles. The van der Waals surface area contributed by atoms with Gasteiger partial charge in [0.2, 0.25) is 15.9 Å². The number of amides is 1. The molecule has 0 aliphatic heterocycles. The van der Waals surface area contributed by atoms with Gasteiger partial charge in [0.1, 0.15) is 5.75 Å². The van der Waals surface area contributed by atoms with Gasteiger partial charge in [-0.15, -0.1) is 0 Å². The molecule has 0 saturated heterocycles. The summed E-state index contributed by atoms with van der Waals surface area (Å²) in [4.78, 5) is 22.8. The number of hydrogen-bond donors (Lipinski definition) is 3. The van der Waals surface area contributed by atoms with Crippen molar-refractivity contribution in [2.45, 2.75) is 64.0 Å². The van der Waals surface area contributed by atoms with Gasteiger partial charge in [0.05, 0.1) is 5.92 Å². The van der Waals surface area contributed by atoms with E-state index < -0.39 is 33.6 Å². The molecule has 0 spiro atoms. The minimum absolute atomic E-state index is 0.0770. The summed E-state index contributed by atoms with van der Waals surface area (Å²) >= 11 is 0. The van der Waals surface area contributed by atoms with Gasteiger partial charge in [-0.3, -0.25) is 9.59 Å². The zero-order valence-corrected chi connectivity index (χ0v) is 14.3. The number of nitrogens with one attached hydrogen (secondary N) is 2. The van der Waals surface area contributed by atoms with Crippen molar-refractivity contribution in [2.75, 3.05) is 5.75 Å². The molecule has 132 valence electrons. The Morgan fingerprint density at radius 1 is 1.04 bits per heavy atom. The van der Waals surface area contributed by atoms with E-state index >= 15 is 0 Å². The molecule has 3 N–H and O–H groups in total. The van der Waals surface area contributed by atoms with Crippen molar-refractivity contribution < 1.29 is 23.1 Å². The molecule has 23 heavy (non-hydrogen) atoms. The quantitative estimate of drug-likeness (QED) is 0.660. The molecule has 0 heterocycles. The molecular formula is C15H26N2O5S. The largest absolute Gasteiger partial charge is 0.481 e. The molecule has 7 nitrogen and oxygen atoms in total. The number of carbonyl (C=O) groups is 2. The van der Waals surface area contributed by atoms with Crippen LogP contribution in [0.4, 0.5) is 0 Å². The van der Waals surface area contributed by atoms with Crippen LogP contribution in [0.1, 0.15) is 51.9 Å².